The third kappa shape index (κ3) is 3.26. The number of hydrogen-bond acceptors (Lipinski definition) is 4. The molecule has 0 saturated heterocycles. The van der Waals surface area contributed by atoms with Crippen LogP contribution in [0.3, 0.4) is 0 Å². The van der Waals surface area contributed by atoms with Crippen LogP contribution in [0.15, 0.2) is 54.7 Å². The van der Waals surface area contributed by atoms with Crippen molar-refractivity contribution >= 4 is 16.6 Å². The molecule has 3 N–H and O–H groups in total. The minimum Gasteiger partial charge on any atom is -0.375 e. The van der Waals surface area contributed by atoms with E-state index in [1.54, 1.807) is 30.3 Å². The van der Waals surface area contributed by atoms with Gasteiger partial charge in [-0.05, 0) is 11.6 Å². The van der Waals surface area contributed by atoms with Gasteiger partial charge in [-0.1, -0.05) is 30.3 Å². The van der Waals surface area contributed by atoms with Crippen molar-refractivity contribution < 1.29 is 23.2 Å². The number of fused-ring (bicyclic) bond motifs is 1. The summed E-state index contributed by atoms with van der Waals surface area (Å²) in [4.78, 5) is 10.5. The van der Waals surface area contributed by atoms with Crippen molar-refractivity contribution in [2.75, 3.05) is 6.54 Å². The number of nitro groups is 1. The minimum atomic E-state index is -5.00. The molecule has 6 nitrogen and oxygen atoms in total. The maximum Gasteiger partial charge on any atom is 0.422 e. The van der Waals surface area contributed by atoms with Crippen LogP contribution in [-0.2, 0) is 12.1 Å². The normalized spacial score (nSPS) is 14.3. The molecule has 0 saturated carbocycles. The molecule has 0 aliphatic rings. The fourth-order valence-electron chi connectivity index (χ4n) is 3.01. The smallest absolute Gasteiger partial charge is 0.375 e. The van der Waals surface area contributed by atoms with Gasteiger partial charge in [0.15, 0.2) is 5.60 Å². The Hall–Kier alpha value is -2.91. The Labute approximate surface area is 151 Å². The van der Waals surface area contributed by atoms with Crippen LogP contribution in [0.5, 0.6) is 0 Å². The Morgan fingerprint density at radius 2 is 1.81 bits per heavy atom. The average Bonchev–Trinajstić information content (AvgIpc) is 2.99. The van der Waals surface area contributed by atoms with Gasteiger partial charge in [0.1, 0.15) is 0 Å². The van der Waals surface area contributed by atoms with E-state index < -0.39 is 28.8 Å². The Morgan fingerprint density at radius 1 is 1.15 bits per heavy atom. The third-order valence-electron chi connectivity index (χ3n) is 4.48. The number of non-ortho nitro benzene ring substituents is 1. The van der Waals surface area contributed by atoms with E-state index in [9.17, 15) is 28.4 Å². The highest BCUT2D eigenvalue weighted by molar-refractivity contribution is 5.87. The van der Waals surface area contributed by atoms with Gasteiger partial charge in [-0.15, -0.1) is 0 Å². The summed E-state index contributed by atoms with van der Waals surface area (Å²) >= 11 is 0. The van der Waals surface area contributed by atoms with Crippen molar-refractivity contribution in [2.24, 2.45) is 5.73 Å². The molecule has 0 amide bonds. The molecule has 1 heterocycles. The van der Waals surface area contributed by atoms with Crippen LogP contribution in [0.25, 0.3) is 10.9 Å². The van der Waals surface area contributed by atoms with E-state index in [-0.39, 0.29) is 23.1 Å². The summed E-state index contributed by atoms with van der Waals surface area (Å²) in [6.45, 7) is -0.894. The summed E-state index contributed by atoms with van der Waals surface area (Å²) in [7, 11) is 0. The number of benzene rings is 2. The first kappa shape index (κ1) is 18.9. The Balaban J connectivity index is 2.25. The molecule has 0 radical (unpaired) electrons. The van der Waals surface area contributed by atoms with E-state index in [4.69, 9.17) is 5.73 Å². The molecule has 9 heteroatoms. The highest BCUT2D eigenvalue weighted by Crippen LogP contribution is 2.42. The number of hydrogen-bond donors (Lipinski definition) is 2. The first-order valence-corrected chi connectivity index (χ1v) is 7.98. The van der Waals surface area contributed by atoms with Crippen LogP contribution in [0.1, 0.15) is 11.1 Å². The zero-order chi connectivity index (χ0) is 19.8. The van der Waals surface area contributed by atoms with Crippen LogP contribution in [-0.4, -0.2) is 27.3 Å². The monoisotopic (exact) mass is 379 g/mol. The molecule has 2 aromatic carbocycles. The fraction of sp³-hybridized carbons (Fsp3) is 0.222. The lowest BCUT2D eigenvalue weighted by Gasteiger charge is -2.28. The summed E-state index contributed by atoms with van der Waals surface area (Å²) in [6.07, 6.45) is -3.85. The molecule has 0 bridgehead atoms. The molecule has 27 heavy (non-hydrogen) atoms. The second kappa shape index (κ2) is 6.67. The van der Waals surface area contributed by atoms with E-state index in [1.807, 2.05) is 0 Å². The molecule has 3 rings (SSSR count). The molecule has 1 aromatic heterocycles. The summed E-state index contributed by atoms with van der Waals surface area (Å²) < 4.78 is 42.0. The maximum absolute atomic E-state index is 13.5. The van der Waals surface area contributed by atoms with Crippen molar-refractivity contribution in [3.8, 4) is 0 Å². The molecule has 0 aliphatic heterocycles. The van der Waals surface area contributed by atoms with E-state index >= 15 is 0 Å². The van der Waals surface area contributed by atoms with Crippen LogP contribution < -0.4 is 5.73 Å². The maximum atomic E-state index is 13.5. The molecule has 0 spiro atoms. The van der Waals surface area contributed by atoms with Gasteiger partial charge in [0, 0.05) is 42.4 Å². The Bertz CT molecular complexity index is 986. The summed E-state index contributed by atoms with van der Waals surface area (Å²) in [5.74, 6) is 0. The Morgan fingerprint density at radius 3 is 2.37 bits per heavy atom. The number of halogens is 3. The fourth-order valence-corrected chi connectivity index (χ4v) is 3.01. The molecule has 0 aliphatic carbocycles. The number of aromatic nitrogens is 1. The highest BCUT2D eigenvalue weighted by Gasteiger charge is 2.55. The molecule has 1 atom stereocenters. The third-order valence-corrected chi connectivity index (χ3v) is 4.48. The number of nitrogens with zero attached hydrogens (tertiary/aromatic N) is 2. The zero-order valence-electron chi connectivity index (χ0n) is 14.0. The zero-order valence-corrected chi connectivity index (χ0v) is 14.0. The average molecular weight is 379 g/mol. The minimum absolute atomic E-state index is 0.0572. The lowest BCUT2D eigenvalue weighted by atomic mass is 9.93. The highest BCUT2D eigenvalue weighted by atomic mass is 19.4. The number of nitro benzene ring substituents is 1. The lowest BCUT2D eigenvalue weighted by Crippen LogP contribution is -2.48. The van der Waals surface area contributed by atoms with E-state index in [0.717, 1.165) is 17.8 Å². The first-order chi connectivity index (χ1) is 12.7. The van der Waals surface area contributed by atoms with Crippen molar-refractivity contribution in [3.63, 3.8) is 0 Å². The van der Waals surface area contributed by atoms with E-state index in [0.29, 0.717) is 0 Å². The van der Waals surface area contributed by atoms with Gasteiger partial charge in [0.25, 0.3) is 5.69 Å². The van der Waals surface area contributed by atoms with Crippen LogP contribution >= 0.6 is 0 Å². The van der Waals surface area contributed by atoms with Gasteiger partial charge in [-0.3, -0.25) is 10.1 Å². The number of aliphatic hydroxyl groups is 1. The van der Waals surface area contributed by atoms with Crippen LogP contribution in [0.2, 0.25) is 0 Å². The molecule has 1 unspecified atom stereocenters. The van der Waals surface area contributed by atoms with Crippen LogP contribution in [0, 0.1) is 10.1 Å². The predicted molar refractivity (Wildman–Crippen MR) is 93.1 cm³/mol. The van der Waals surface area contributed by atoms with Crippen molar-refractivity contribution in [2.45, 2.75) is 18.3 Å². The molecular weight excluding hydrogens is 363 g/mol. The van der Waals surface area contributed by atoms with Crippen LogP contribution in [0.4, 0.5) is 18.9 Å². The summed E-state index contributed by atoms with van der Waals surface area (Å²) in [5.41, 5.74) is 2.31. The van der Waals surface area contributed by atoms with Crippen molar-refractivity contribution in [3.05, 3.63) is 76.0 Å². The standard InChI is InChI=1S/C18H16F3N3O3/c19-18(20,21)17(25,11-22)15-10-23(9-12-4-2-1-3-5-12)16-8-13(24(26)27)6-7-14(15)16/h1-8,10,25H,9,11,22H2. The van der Waals surface area contributed by atoms with Gasteiger partial charge < -0.3 is 15.4 Å². The summed E-state index contributed by atoms with van der Waals surface area (Å²) in [6, 6.07) is 12.4. The molecule has 3 aromatic rings. The van der Waals surface area contributed by atoms with Crippen molar-refractivity contribution in [1.29, 1.82) is 0 Å². The lowest BCUT2D eigenvalue weighted by molar-refractivity contribution is -0.384. The van der Waals surface area contributed by atoms with Gasteiger partial charge >= 0.3 is 6.18 Å². The second-order valence-corrected chi connectivity index (χ2v) is 6.18. The SMILES string of the molecule is NCC(O)(c1cn(Cc2ccccc2)c2cc([N+](=O)[O-])ccc12)C(F)(F)F. The number of nitrogens with two attached hydrogens (primary N) is 1. The largest absolute Gasteiger partial charge is 0.422 e. The molecule has 142 valence electrons. The quantitative estimate of drug-likeness (QED) is 0.525. The van der Waals surface area contributed by atoms with Gasteiger partial charge in [0.05, 0.1) is 10.4 Å². The number of alkyl halides is 3. The summed E-state index contributed by atoms with van der Waals surface area (Å²) in [5, 5.41) is 21.4. The van der Waals surface area contributed by atoms with E-state index in [1.165, 1.54) is 16.7 Å². The predicted octanol–water partition coefficient (Wildman–Crippen LogP) is 3.31. The van der Waals surface area contributed by atoms with Gasteiger partial charge in [-0.2, -0.15) is 13.2 Å². The topological polar surface area (TPSA) is 94.3 Å². The Kier molecular flexibility index (Phi) is 4.66. The second-order valence-electron chi connectivity index (χ2n) is 6.18. The van der Waals surface area contributed by atoms with Crippen molar-refractivity contribution in [1.82, 2.24) is 4.57 Å². The molecule has 0 fully saturated rings. The molecular formula is C18H16F3N3O3. The van der Waals surface area contributed by atoms with Gasteiger partial charge in [0.2, 0.25) is 0 Å². The van der Waals surface area contributed by atoms with Gasteiger partial charge in [-0.25, -0.2) is 0 Å². The number of rotatable bonds is 5. The first-order valence-electron chi connectivity index (χ1n) is 7.98. The van der Waals surface area contributed by atoms with E-state index in [2.05, 4.69) is 0 Å².